The van der Waals surface area contributed by atoms with E-state index in [4.69, 9.17) is 9.47 Å². The lowest BCUT2D eigenvalue weighted by atomic mass is 9.97. The van der Waals surface area contributed by atoms with Gasteiger partial charge in [0.15, 0.2) is 0 Å². The number of hydrogen-bond donors (Lipinski definition) is 0. The minimum atomic E-state index is -0.734. The number of carbonyl (C=O) groups is 1. The lowest BCUT2D eigenvalue weighted by Gasteiger charge is -2.29. The van der Waals surface area contributed by atoms with E-state index in [0.717, 1.165) is 5.56 Å². The molecule has 0 amide bonds. The Morgan fingerprint density at radius 3 is 2.31 bits per heavy atom. The molecule has 0 unspecified atom stereocenters. The predicted octanol–water partition coefficient (Wildman–Crippen LogP) is 2.74. The first-order valence-electron chi connectivity index (χ1n) is 4.89. The van der Waals surface area contributed by atoms with Gasteiger partial charge in [0.25, 0.3) is 0 Å². The average Bonchev–Trinajstić information content (AvgIpc) is 2.30. The molecule has 0 radical (unpaired) electrons. The van der Waals surface area contributed by atoms with Crippen LogP contribution in [-0.4, -0.2) is 23.6 Å². The summed E-state index contributed by atoms with van der Waals surface area (Å²) in [4.78, 5) is 11.7. The van der Waals surface area contributed by atoms with Crippen molar-refractivity contribution in [3.63, 3.8) is 0 Å². The van der Waals surface area contributed by atoms with Crippen molar-refractivity contribution in [2.24, 2.45) is 0 Å². The fourth-order valence-corrected chi connectivity index (χ4v) is 2.44. The van der Waals surface area contributed by atoms with Crippen LogP contribution in [0.4, 0.5) is 0 Å². The van der Waals surface area contributed by atoms with Crippen molar-refractivity contribution in [1.29, 1.82) is 0 Å². The third-order valence-corrected chi connectivity index (χ3v) is 3.42. The molecular formula is C12H15IO3. The first-order valence-corrected chi connectivity index (χ1v) is 5.97. The number of hydrogen-bond acceptors (Lipinski definition) is 3. The molecule has 88 valence electrons. The Bertz CT molecular complexity index is 349. The van der Waals surface area contributed by atoms with Gasteiger partial charge in [0.2, 0.25) is 0 Å². The normalized spacial score (nSPS) is 16.2. The molecule has 0 N–H and O–H groups in total. The van der Waals surface area contributed by atoms with Crippen LogP contribution in [0, 0.1) is 0 Å². The summed E-state index contributed by atoms with van der Waals surface area (Å²) in [6.07, 6.45) is -0.318. The van der Waals surface area contributed by atoms with Gasteiger partial charge in [0, 0.05) is 7.11 Å². The van der Waals surface area contributed by atoms with Crippen LogP contribution < -0.4 is 0 Å². The van der Waals surface area contributed by atoms with Crippen molar-refractivity contribution in [2.45, 2.75) is 16.4 Å². The highest BCUT2D eigenvalue weighted by atomic mass is 127. The van der Waals surface area contributed by atoms with Crippen molar-refractivity contribution < 1.29 is 14.3 Å². The van der Waals surface area contributed by atoms with Crippen LogP contribution in [0.1, 0.15) is 18.6 Å². The highest BCUT2D eigenvalue weighted by Gasteiger charge is 2.41. The monoisotopic (exact) mass is 334 g/mol. The van der Waals surface area contributed by atoms with Gasteiger partial charge < -0.3 is 9.47 Å². The molecule has 0 saturated carbocycles. The van der Waals surface area contributed by atoms with Crippen LogP contribution in [0.2, 0.25) is 0 Å². The number of ether oxygens (including phenoxy) is 2. The molecule has 1 aromatic rings. The number of halogens is 1. The van der Waals surface area contributed by atoms with Crippen LogP contribution in [0.15, 0.2) is 30.3 Å². The van der Waals surface area contributed by atoms with Gasteiger partial charge >= 0.3 is 5.97 Å². The second-order valence-corrected chi connectivity index (χ2v) is 5.83. The molecule has 0 heterocycles. The van der Waals surface area contributed by atoms with Gasteiger partial charge in [-0.1, -0.05) is 52.9 Å². The zero-order valence-electron chi connectivity index (χ0n) is 9.57. The van der Waals surface area contributed by atoms with Gasteiger partial charge in [0.1, 0.15) is 9.53 Å². The summed E-state index contributed by atoms with van der Waals surface area (Å²) in [5, 5.41) is 0. The SMILES string of the molecule is COC(=O)[C@@](C)(I)[C@@H](OC)c1ccccc1. The highest BCUT2D eigenvalue weighted by Crippen LogP contribution is 2.37. The second-order valence-electron chi connectivity index (χ2n) is 3.59. The first-order chi connectivity index (χ1) is 7.54. The minimum absolute atomic E-state index is 0.288. The van der Waals surface area contributed by atoms with Crippen LogP contribution in [0.25, 0.3) is 0 Å². The summed E-state index contributed by atoms with van der Waals surface area (Å²) in [5.41, 5.74) is 0.965. The molecule has 0 saturated heterocycles. The fraction of sp³-hybridized carbons (Fsp3) is 0.417. The summed E-state index contributed by atoms with van der Waals surface area (Å²) in [6, 6.07) is 9.65. The van der Waals surface area contributed by atoms with Crippen LogP contribution in [-0.2, 0) is 14.3 Å². The Morgan fingerprint density at radius 2 is 1.88 bits per heavy atom. The van der Waals surface area contributed by atoms with Gasteiger partial charge in [-0.15, -0.1) is 0 Å². The third kappa shape index (κ3) is 2.74. The largest absolute Gasteiger partial charge is 0.468 e. The summed E-state index contributed by atoms with van der Waals surface area (Å²) < 4.78 is 9.48. The molecule has 0 bridgehead atoms. The molecule has 2 atom stereocenters. The first kappa shape index (κ1) is 13.4. The van der Waals surface area contributed by atoms with E-state index in [-0.39, 0.29) is 12.1 Å². The molecule has 1 aromatic carbocycles. The molecule has 0 aliphatic rings. The maximum Gasteiger partial charge on any atom is 0.324 e. The number of rotatable bonds is 4. The van der Waals surface area contributed by atoms with Crippen molar-refractivity contribution in [1.82, 2.24) is 0 Å². The summed E-state index contributed by atoms with van der Waals surface area (Å²) >= 11 is 2.07. The van der Waals surface area contributed by atoms with Crippen molar-refractivity contribution >= 4 is 28.6 Å². The van der Waals surface area contributed by atoms with E-state index in [1.165, 1.54) is 7.11 Å². The zero-order valence-corrected chi connectivity index (χ0v) is 11.7. The molecule has 0 fully saturated rings. The van der Waals surface area contributed by atoms with Gasteiger partial charge in [0.05, 0.1) is 7.11 Å². The molecule has 1 rings (SSSR count). The predicted molar refractivity (Wildman–Crippen MR) is 70.6 cm³/mol. The van der Waals surface area contributed by atoms with E-state index in [0.29, 0.717) is 0 Å². The van der Waals surface area contributed by atoms with Gasteiger partial charge in [-0.2, -0.15) is 0 Å². The zero-order chi connectivity index (χ0) is 12.2. The quantitative estimate of drug-likeness (QED) is 0.483. The molecule has 0 aliphatic carbocycles. The van der Waals surface area contributed by atoms with E-state index in [9.17, 15) is 4.79 Å². The van der Waals surface area contributed by atoms with Crippen molar-refractivity contribution in [3.05, 3.63) is 35.9 Å². The average molecular weight is 334 g/mol. The van der Waals surface area contributed by atoms with E-state index in [1.807, 2.05) is 30.3 Å². The van der Waals surface area contributed by atoms with Crippen LogP contribution >= 0.6 is 22.6 Å². The van der Waals surface area contributed by atoms with Crippen molar-refractivity contribution in [3.8, 4) is 0 Å². The standard InChI is InChI=1S/C12H15IO3/c1-12(13,11(14)16-3)10(15-2)9-7-5-4-6-8-9/h4-8,10H,1-3H3/t10-,12-/m0/s1. The Hall–Kier alpha value is -0.620. The smallest absolute Gasteiger partial charge is 0.324 e. The number of methoxy groups -OCH3 is 2. The van der Waals surface area contributed by atoms with E-state index >= 15 is 0 Å². The van der Waals surface area contributed by atoms with Gasteiger partial charge in [-0.25, -0.2) is 0 Å². The van der Waals surface area contributed by atoms with Crippen molar-refractivity contribution in [2.75, 3.05) is 14.2 Å². The molecule has 0 aromatic heterocycles. The third-order valence-electron chi connectivity index (χ3n) is 2.41. The number of carbonyl (C=O) groups excluding carboxylic acids is 1. The summed E-state index contributed by atoms with van der Waals surface area (Å²) in [6.45, 7) is 1.81. The Kier molecular flexibility index (Phi) is 4.73. The molecule has 0 aliphatic heterocycles. The highest BCUT2D eigenvalue weighted by molar-refractivity contribution is 14.1. The van der Waals surface area contributed by atoms with E-state index in [1.54, 1.807) is 14.0 Å². The molecule has 4 heteroatoms. The summed E-state index contributed by atoms with van der Waals surface area (Å²) in [7, 11) is 2.98. The Labute approximate surface area is 109 Å². The van der Waals surface area contributed by atoms with Gasteiger partial charge in [-0.05, 0) is 12.5 Å². The topological polar surface area (TPSA) is 35.5 Å². The maximum atomic E-state index is 11.7. The fourth-order valence-electron chi connectivity index (χ4n) is 1.60. The van der Waals surface area contributed by atoms with E-state index < -0.39 is 3.42 Å². The molecule has 0 spiro atoms. The number of benzene rings is 1. The maximum absolute atomic E-state index is 11.7. The summed E-state index contributed by atoms with van der Waals surface area (Å²) in [5.74, 6) is -0.288. The Morgan fingerprint density at radius 1 is 1.31 bits per heavy atom. The van der Waals surface area contributed by atoms with Crippen LogP contribution in [0.5, 0.6) is 0 Å². The lowest BCUT2D eigenvalue weighted by molar-refractivity contribution is -0.146. The Balaban J connectivity index is 3.03. The van der Waals surface area contributed by atoms with E-state index in [2.05, 4.69) is 22.6 Å². The second kappa shape index (κ2) is 5.63. The van der Waals surface area contributed by atoms with Crippen LogP contribution in [0.3, 0.4) is 0 Å². The number of esters is 1. The minimum Gasteiger partial charge on any atom is -0.468 e. The number of alkyl halides is 1. The van der Waals surface area contributed by atoms with Gasteiger partial charge in [-0.3, -0.25) is 4.79 Å². The molecule has 3 nitrogen and oxygen atoms in total. The molecular weight excluding hydrogens is 319 g/mol. The lowest BCUT2D eigenvalue weighted by Crippen LogP contribution is -2.37. The molecule has 16 heavy (non-hydrogen) atoms.